The molecule has 0 aromatic rings. The van der Waals surface area contributed by atoms with Gasteiger partial charge in [-0.15, -0.1) is 19.8 Å². The minimum absolute atomic E-state index is 0. The van der Waals surface area contributed by atoms with Crippen LogP contribution in [0.25, 0.3) is 0 Å². The van der Waals surface area contributed by atoms with Crippen molar-refractivity contribution in [1.29, 1.82) is 0 Å². The molecule has 3 unspecified atom stereocenters. The molecule has 0 saturated carbocycles. The number of hydrogen-bond acceptors (Lipinski definition) is 3. The molecule has 0 aromatic heterocycles. The standard InChI is InChI=1S/3C8H17O.Ce/c3*1-3-5-6-8(4-2)7-9;/h3*8H,3-7H2,1-2H3;/q3*-1;+3. The summed E-state index contributed by atoms with van der Waals surface area (Å²) in [6.45, 7) is 13.1. The van der Waals surface area contributed by atoms with Crippen LogP contribution in [0.1, 0.15) is 119 Å². The first-order valence-electron chi connectivity index (χ1n) is 11.8. The van der Waals surface area contributed by atoms with Gasteiger partial charge in [-0.25, -0.2) is 0 Å². The second kappa shape index (κ2) is 32.9. The van der Waals surface area contributed by atoms with Crippen molar-refractivity contribution in [2.45, 2.75) is 119 Å². The summed E-state index contributed by atoms with van der Waals surface area (Å²) in [6, 6.07) is 0. The molecule has 28 heavy (non-hydrogen) atoms. The van der Waals surface area contributed by atoms with Gasteiger partial charge in [0.1, 0.15) is 0 Å². The Bertz CT molecular complexity index is 190. The van der Waals surface area contributed by atoms with E-state index in [0.29, 0.717) is 17.8 Å². The van der Waals surface area contributed by atoms with Gasteiger partial charge in [0.15, 0.2) is 0 Å². The Balaban J connectivity index is -0.000000152. The molecular formula is C24H51CeO3. The molecule has 0 aromatic carbocycles. The summed E-state index contributed by atoms with van der Waals surface area (Å²) in [6.07, 6.45) is 13.9. The monoisotopic (exact) mass is 527 g/mol. The van der Waals surface area contributed by atoms with Crippen LogP contribution in [0.5, 0.6) is 0 Å². The fourth-order valence-electron chi connectivity index (χ4n) is 2.69. The molecule has 0 aliphatic heterocycles. The molecule has 0 rings (SSSR count). The van der Waals surface area contributed by atoms with E-state index in [1.165, 1.54) is 38.5 Å². The van der Waals surface area contributed by atoms with Crippen LogP contribution in [0, 0.1) is 59.5 Å². The minimum Gasteiger partial charge on any atom is -0.854 e. The Morgan fingerprint density at radius 1 is 0.464 bits per heavy atom. The Labute approximate surface area is 211 Å². The third-order valence-electron chi connectivity index (χ3n) is 5.34. The van der Waals surface area contributed by atoms with Gasteiger partial charge in [-0.3, -0.25) is 0 Å². The van der Waals surface area contributed by atoms with Crippen molar-refractivity contribution in [2.24, 2.45) is 17.8 Å². The topological polar surface area (TPSA) is 69.2 Å². The SMILES string of the molecule is CCCCC(CC)C[O-].CCCCC(CC)C[O-].CCCCC(CC)C[O-].[Ce+3]. The van der Waals surface area contributed by atoms with Gasteiger partial charge in [-0.2, -0.15) is 0 Å². The molecule has 0 aliphatic carbocycles. The van der Waals surface area contributed by atoms with E-state index in [1.807, 2.05) is 0 Å². The quantitative estimate of drug-likeness (QED) is 0.310. The van der Waals surface area contributed by atoms with Crippen molar-refractivity contribution in [3.63, 3.8) is 0 Å². The van der Waals surface area contributed by atoms with Crippen molar-refractivity contribution in [2.75, 3.05) is 19.8 Å². The maximum absolute atomic E-state index is 10.4. The normalized spacial score (nSPS) is 13.2. The van der Waals surface area contributed by atoms with Gasteiger partial charge in [0, 0.05) is 0 Å². The molecule has 169 valence electrons. The van der Waals surface area contributed by atoms with Crippen LogP contribution >= 0.6 is 0 Å². The molecule has 3 nitrogen and oxygen atoms in total. The van der Waals surface area contributed by atoms with Crippen LogP contribution in [0.2, 0.25) is 0 Å². The molecule has 4 heteroatoms. The second-order valence-electron chi connectivity index (χ2n) is 7.75. The van der Waals surface area contributed by atoms with Crippen molar-refractivity contribution < 1.29 is 57.1 Å². The third kappa shape index (κ3) is 29.5. The van der Waals surface area contributed by atoms with Crippen LogP contribution in [-0.4, -0.2) is 19.8 Å². The van der Waals surface area contributed by atoms with E-state index in [1.54, 1.807) is 0 Å². The molecule has 0 amide bonds. The molecule has 0 heterocycles. The molecule has 0 spiro atoms. The van der Waals surface area contributed by atoms with E-state index in [9.17, 15) is 15.3 Å². The van der Waals surface area contributed by atoms with Gasteiger partial charge >= 0.3 is 41.7 Å². The first-order chi connectivity index (χ1) is 13.0. The van der Waals surface area contributed by atoms with E-state index in [2.05, 4.69) is 41.5 Å². The van der Waals surface area contributed by atoms with Crippen LogP contribution in [0.15, 0.2) is 0 Å². The first kappa shape index (κ1) is 36.6. The zero-order valence-electron chi connectivity index (χ0n) is 20.1. The van der Waals surface area contributed by atoms with Crippen LogP contribution < -0.4 is 15.3 Å². The maximum atomic E-state index is 10.4. The van der Waals surface area contributed by atoms with Gasteiger partial charge in [-0.1, -0.05) is 136 Å². The number of hydrogen-bond donors (Lipinski definition) is 0. The fraction of sp³-hybridized carbons (Fsp3) is 1.00. The summed E-state index contributed by atoms with van der Waals surface area (Å²) >= 11 is 0. The Kier molecular flexibility index (Phi) is 43.0. The smallest absolute Gasteiger partial charge is 0.854 e. The summed E-state index contributed by atoms with van der Waals surface area (Å²) in [5.41, 5.74) is 0. The first-order valence-corrected chi connectivity index (χ1v) is 11.8. The van der Waals surface area contributed by atoms with Crippen molar-refractivity contribution in [3.05, 3.63) is 0 Å². The Morgan fingerprint density at radius 3 is 0.786 bits per heavy atom. The summed E-state index contributed by atoms with van der Waals surface area (Å²) in [7, 11) is 0. The average Bonchev–Trinajstić information content (AvgIpc) is 2.71. The molecule has 0 fully saturated rings. The number of rotatable bonds is 15. The van der Waals surface area contributed by atoms with Crippen LogP contribution in [0.3, 0.4) is 0 Å². The van der Waals surface area contributed by atoms with Crippen LogP contribution in [-0.2, 0) is 0 Å². The molecule has 1 radical (unpaired) electrons. The Morgan fingerprint density at radius 2 is 0.679 bits per heavy atom. The third-order valence-corrected chi connectivity index (χ3v) is 5.34. The zero-order chi connectivity index (χ0) is 21.3. The van der Waals surface area contributed by atoms with Crippen LogP contribution in [0.4, 0.5) is 0 Å². The molecule has 3 atom stereocenters. The van der Waals surface area contributed by atoms with Gasteiger partial charge in [0.2, 0.25) is 0 Å². The van der Waals surface area contributed by atoms with Gasteiger partial charge < -0.3 is 15.3 Å². The second-order valence-corrected chi connectivity index (χ2v) is 7.75. The Hall–Kier alpha value is 1.26. The van der Waals surface area contributed by atoms with Crippen molar-refractivity contribution in [1.82, 2.24) is 0 Å². The van der Waals surface area contributed by atoms with E-state index in [4.69, 9.17) is 0 Å². The van der Waals surface area contributed by atoms with Gasteiger partial charge in [-0.05, 0) is 0 Å². The number of unbranched alkanes of at least 4 members (excludes halogenated alkanes) is 3. The molecule has 0 saturated heterocycles. The minimum atomic E-state index is 0. The van der Waals surface area contributed by atoms with Gasteiger partial charge in [0.05, 0.1) is 0 Å². The molecule has 0 N–H and O–H groups in total. The summed E-state index contributed by atoms with van der Waals surface area (Å²) in [4.78, 5) is 0. The maximum Gasteiger partial charge on any atom is 3.00 e. The predicted octanol–water partition coefficient (Wildman–Crippen LogP) is 4.69. The van der Waals surface area contributed by atoms with Crippen molar-refractivity contribution >= 4 is 0 Å². The van der Waals surface area contributed by atoms with Crippen molar-refractivity contribution in [3.8, 4) is 0 Å². The molecular weight excluding hydrogens is 476 g/mol. The summed E-state index contributed by atoms with van der Waals surface area (Å²) in [5, 5.41) is 31.1. The fourth-order valence-corrected chi connectivity index (χ4v) is 2.69. The average molecular weight is 528 g/mol. The predicted molar refractivity (Wildman–Crippen MR) is 115 cm³/mol. The summed E-state index contributed by atoms with van der Waals surface area (Å²) in [5.74, 6) is 1.35. The largest absolute Gasteiger partial charge is 3.00 e. The van der Waals surface area contributed by atoms with E-state index in [-0.39, 0.29) is 61.6 Å². The van der Waals surface area contributed by atoms with E-state index < -0.39 is 0 Å². The molecule has 0 aliphatic rings. The molecule has 0 bridgehead atoms. The van der Waals surface area contributed by atoms with E-state index in [0.717, 1.165) is 38.5 Å². The van der Waals surface area contributed by atoms with Gasteiger partial charge in [0.25, 0.3) is 0 Å². The summed E-state index contributed by atoms with van der Waals surface area (Å²) < 4.78 is 0. The zero-order valence-corrected chi connectivity index (χ0v) is 23.2. The van der Waals surface area contributed by atoms with E-state index >= 15 is 0 Å².